The summed E-state index contributed by atoms with van der Waals surface area (Å²) in [5.41, 5.74) is 7.48. The fourth-order valence-corrected chi connectivity index (χ4v) is 1.67. The number of hydrogen-bond acceptors (Lipinski definition) is 4. The van der Waals surface area contributed by atoms with Crippen LogP contribution in [0.15, 0.2) is 24.5 Å². The van der Waals surface area contributed by atoms with Gasteiger partial charge < -0.3 is 15.0 Å². The molecule has 5 nitrogen and oxygen atoms in total. The van der Waals surface area contributed by atoms with Gasteiger partial charge in [0.25, 0.3) is 0 Å². The summed E-state index contributed by atoms with van der Waals surface area (Å²) in [5.74, 6) is 1.52. The number of nitrogens with two attached hydrogens (primary N) is 1. The molecule has 2 aromatic rings. The highest BCUT2D eigenvalue weighted by atomic mass is 16.5. The number of nitrogens with zero attached hydrogens (tertiary/aromatic N) is 3. The number of anilines is 1. The van der Waals surface area contributed by atoms with Crippen molar-refractivity contribution in [2.45, 2.75) is 19.9 Å². The van der Waals surface area contributed by atoms with Gasteiger partial charge in [-0.05, 0) is 32.0 Å². The van der Waals surface area contributed by atoms with Crippen LogP contribution in [0.2, 0.25) is 0 Å². The van der Waals surface area contributed by atoms with Crippen LogP contribution in [0.1, 0.15) is 19.9 Å². The Balaban J connectivity index is 2.55. The van der Waals surface area contributed by atoms with E-state index in [2.05, 4.69) is 24.0 Å². The maximum atomic E-state index is 5.97. The molecule has 0 spiro atoms. The summed E-state index contributed by atoms with van der Waals surface area (Å²) >= 11 is 0. The van der Waals surface area contributed by atoms with Crippen molar-refractivity contribution in [1.82, 2.24) is 14.8 Å². The van der Waals surface area contributed by atoms with E-state index >= 15 is 0 Å². The molecule has 0 atom stereocenters. The average molecular weight is 232 g/mol. The second kappa shape index (κ2) is 4.45. The third-order valence-corrected chi connectivity index (χ3v) is 2.63. The summed E-state index contributed by atoms with van der Waals surface area (Å²) in [7, 11) is 1.63. The number of methoxy groups -OCH3 is 1. The van der Waals surface area contributed by atoms with Crippen LogP contribution < -0.4 is 10.5 Å². The molecule has 0 fully saturated rings. The Hall–Kier alpha value is -2.04. The van der Waals surface area contributed by atoms with Gasteiger partial charge in [-0.25, -0.2) is 0 Å². The predicted molar refractivity (Wildman–Crippen MR) is 66.8 cm³/mol. The first-order valence-corrected chi connectivity index (χ1v) is 5.47. The molecule has 2 rings (SSSR count). The SMILES string of the molecule is COc1ccc(N)c(-c2nncn2C(C)C)c1. The van der Waals surface area contributed by atoms with Gasteiger partial charge in [-0.3, -0.25) is 0 Å². The standard InChI is InChI=1S/C12H16N4O/c1-8(2)16-7-14-15-12(16)10-6-9(17-3)4-5-11(10)13/h4-8H,13H2,1-3H3. The Morgan fingerprint density at radius 3 is 2.76 bits per heavy atom. The number of nitrogen functional groups attached to an aromatic ring is 1. The topological polar surface area (TPSA) is 66.0 Å². The monoisotopic (exact) mass is 232 g/mol. The van der Waals surface area contributed by atoms with Crippen LogP contribution >= 0.6 is 0 Å². The van der Waals surface area contributed by atoms with Gasteiger partial charge >= 0.3 is 0 Å². The highest BCUT2D eigenvalue weighted by Crippen LogP contribution is 2.29. The molecule has 1 aromatic heterocycles. The van der Waals surface area contributed by atoms with E-state index in [-0.39, 0.29) is 6.04 Å². The first kappa shape index (κ1) is 11.4. The van der Waals surface area contributed by atoms with Gasteiger partial charge in [-0.2, -0.15) is 0 Å². The van der Waals surface area contributed by atoms with Crippen molar-refractivity contribution in [3.63, 3.8) is 0 Å². The molecule has 0 aliphatic heterocycles. The number of benzene rings is 1. The Labute approximate surface area is 100 Å². The van der Waals surface area contributed by atoms with E-state index in [4.69, 9.17) is 10.5 Å². The van der Waals surface area contributed by atoms with Gasteiger partial charge in [0.05, 0.1) is 7.11 Å². The lowest BCUT2D eigenvalue weighted by Crippen LogP contribution is -2.03. The van der Waals surface area contributed by atoms with E-state index in [9.17, 15) is 0 Å². The Morgan fingerprint density at radius 2 is 2.12 bits per heavy atom. The molecule has 2 N–H and O–H groups in total. The molecule has 1 heterocycles. The summed E-state index contributed by atoms with van der Waals surface area (Å²) in [6, 6.07) is 5.80. The van der Waals surface area contributed by atoms with Crippen LogP contribution in [-0.4, -0.2) is 21.9 Å². The molecule has 17 heavy (non-hydrogen) atoms. The lowest BCUT2D eigenvalue weighted by molar-refractivity contribution is 0.415. The second-order valence-electron chi connectivity index (χ2n) is 4.11. The van der Waals surface area contributed by atoms with E-state index < -0.39 is 0 Å². The average Bonchev–Trinajstić information content (AvgIpc) is 2.78. The molecular weight excluding hydrogens is 216 g/mol. The molecule has 0 aliphatic rings. The van der Waals surface area contributed by atoms with Crippen molar-refractivity contribution in [3.8, 4) is 17.1 Å². The number of rotatable bonds is 3. The molecule has 5 heteroatoms. The minimum Gasteiger partial charge on any atom is -0.497 e. The molecule has 0 unspecified atom stereocenters. The molecule has 0 saturated carbocycles. The predicted octanol–water partition coefficient (Wildman–Crippen LogP) is 2.12. The van der Waals surface area contributed by atoms with Crippen molar-refractivity contribution in [2.75, 3.05) is 12.8 Å². The third-order valence-electron chi connectivity index (χ3n) is 2.63. The normalized spacial score (nSPS) is 10.8. The number of hydrogen-bond donors (Lipinski definition) is 1. The lowest BCUT2D eigenvalue weighted by atomic mass is 10.1. The van der Waals surface area contributed by atoms with Crippen LogP contribution in [0.5, 0.6) is 5.75 Å². The van der Waals surface area contributed by atoms with Crippen molar-refractivity contribution in [3.05, 3.63) is 24.5 Å². The van der Waals surface area contributed by atoms with Crippen LogP contribution in [0, 0.1) is 0 Å². The molecular formula is C12H16N4O. The van der Waals surface area contributed by atoms with Gasteiger partial charge in [0.1, 0.15) is 12.1 Å². The van der Waals surface area contributed by atoms with Gasteiger partial charge in [0.15, 0.2) is 5.82 Å². The fourth-order valence-electron chi connectivity index (χ4n) is 1.67. The number of aromatic nitrogens is 3. The van der Waals surface area contributed by atoms with Crippen molar-refractivity contribution in [2.24, 2.45) is 0 Å². The van der Waals surface area contributed by atoms with Crippen molar-refractivity contribution >= 4 is 5.69 Å². The lowest BCUT2D eigenvalue weighted by Gasteiger charge is -2.12. The second-order valence-corrected chi connectivity index (χ2v) is 4.11. The minimum absolute atomic E-state index is 0.283. The molecule has 0 saturated heterocycles. The van der Waals surface area contributed by atoms with E-state index in [1.54, 1.807) is 13.4 Å². The van der Waals surface area contributed by atoms with Crippen LogP contribution in [-0.2, 0) is 0 Å². The largest absolute Gasteiger partial charge is 0.497 e. The Morgan fingerprint density at radius 1 is 1.35 bits per heavy atom. The zero-order valence-electron chi connectivity index (χ0n) is 10.2. The first-order chi connectivity index (χ1) is 8.13. The molecule has 90 valence electrons. The van der Waals surface area contributed by atoms with Crippen LogP contribution in [0.4, 0.5) is 5.69 Å². The van der Waals surface area contributed by atoms with Crippen molar-refractivity contribution < 1.29 is 4.74 Å². The summed E-state index contributed by atoms with van der Waals surface area (Å²) < 4.78 is 7.17. The third kappa shape index (κ3) is 2.08. The summed E-state index contributed by atoms with van der Waals surface area (Å²) in [5, 5.41) is 8.05. The minimum atomic E-state index is 0.283. The summed E-state index contributed by atoms with van der Waals surface area (Å²) in [6.07, 6.45) is 1.71. The molecule has 1 aromatic carbocycles. The molecule has 0 radical (unpaired) electrons. The zero-order chi connectivity index (χ0) is 12.4. The van der Waals surface area contributed by atoms with Crippen LogP contribution in [0.25, 0.3) is 11.4 Å². The van der Waals surface area contributed by atoms with E-state index in [0.29, 0.717) is 5.69 Å². The molecule has 0 amide bonds. The number of ether oxygens (including phenoxy) is 1. The smallest absolute Gasteiger partial charge is 0.166 e. The quantitative estimate of drug-likeness (QED) is 0.823. The van der Waals surface area contributed by atoms with E-state index in [1.807, 2.05) is 22.8 Å². The summed E-state index contributed by atoms with van der Waals surface area (Å²) in [4.78, 5) is 0. The van der Waals surface area contributed by atoms with Crippen LogP contribution in [0.3, 0.4) is 0 Å². The maximum absolute atomic E-state index is 5.97. The van der Waals surface area contributed by atoms with E-state index in [1.165, 1.54) is 0 Å². The molecule has 0 bridgehead atoms. The molecule has 0 aliphatic carbocycles. The Kier molecular flexibility index (Phi) is 2.99. The highest BCUT2D eigenvalue weighted by Gasteiger charge is 2.13. The maximum Gasteiger partial charge on any atom is 0.166 e. The van der Waals surface area contributed by atoms with Crippen molar-refractivity contribution in [1.29, 1.82) is 0 Å². The van der Waals surface area contributed by atoms with Gasteiger partial charge in [0, 0.05) is 17.3 Å². The first-order valence-electron chi connectivity index (χ1n) is 5.47. The van der Waals surface area contributed by atoms with Gasteiger partial charge in [0.2, 0.25) is 0 Å². The zero-order valence-corrected chi connectivity index (χ0v) is 10.2. The van der Waals surface area contributed by atoms with E-state index in [0.717, 1.165) is 17.1 Å². The Bertz CT molecular complexity index is 519. The fraction of sp³-hybridized carbons (Fsp3) is 0.333. The summed E-state index contributed by atoms with van der Waals surface area (Å²) in [6.45, 7) is 4.15. The van der Waals surface area contributed by atoms with Gasteiger partial charge in [-0.15, -0.1) is 10.2 Å². The van der Waals surface area contributed by atoms with Gasteiger partial charge in [-0.1, -0.05) is 0 Å². The highest BCUT2D eigenvalue weighted by molar-refractivity contribution is 5.73.